The van der Waals surface area contributed by atoms with Gasteiger partial charge >= 0.3 is 6.11 Å². The van der Waals surface area contributed by atoms with Gasteiger partial charge in [-0.1, -0.05) is 24.2 Å². The van der Waals surface area contributed by atoms with Crippen LogP contribution in [0.15, 0.2) is 46.5 Å². The highest BCUT2D eigenvalue weighted by Crippen LogP contribution is 2.29. The molecule has 2 aromatic carbocycles. The molecule has 0 unspecified atom stereocenters. The van der Waals surface area contributed by atoms with Crippen LogP contribution in [0.2, 0.25) is 0 Å². The van der Waals surface area contributed by atoms with E-state index in [2.05, 4.69) is 14.9 Å². The predicted molar refractivity (Wildman–Crippen MR) is 115 cm³/mol. The number of ether oxygens (including phenoxy) is 1. The minimum atomic E-state index is -3.24. The third-order valence-corrected chi connectivity index (χ3v) is 4.77. The Morgan fingerprint density at radius 2 is 1.97 bits per heavy atom. The molecule has 1 aliphatic rings. The zero-order valence-corrected chi connectivity index (χ0v) is 18.0. The molecule has 1 amide bonds. The Bertz CT molecular complexity index is 1010. The molecule has 0 aliphatic carbocycles. The number of amides is 1. The molecule has 0 fully saturated rings. The number of benzene rings is 2. The molecular formula is C23H25F2N3O3. The van der Waals surface area contributed by atoms with Crippen molar-refractivity contribution in [3.8, 4) is 5.75 Å². The third-order valence-electron chi connectivity index (χ3n) is 4.77. The van der Waals surface area contributed by atoms with Crippen LogP contribution in [0.1, 0.15) is 52.9 Å². The van der Waals surface area contributed by atoms with Crippen molar-refractivity contribution in [2.75, 3.05) is 7.11 Å². The number of oxime groups is 1. The van der Waals surface area contributed by atoms with Gasteiger partial charge in [-0.3, -0.25) is 4.79 Å². The van der Waals surface area contributed by atoms with Crippen LogP contribution in [-0.2, 0) is 17.9 Å². The van der Waals surface area contributed by atoms with Crippen molar-refractivity contribution in [2.45, 2.75) is 46.4 Å². The van der Waals surface area contributed by atoms with E-state index in [4.69, 9.17) is 4.84 Å². The van der Waals surface area contributed by atoms with Crippen LogP contribution >= 0.6 is 0 Å². The molecule has 0 saturated heterocycles. The molecule has 1 heterocycles. The van der Waals surface area contributed by atoms with E-state index in [-0.39, 0.29) is 11.7 Å². The first kappa shape index (κ1) is 22.4. The number of aryl methyl sites for hydroxylation is 1. The van der Waals surface area contributed by atoms with Gasteiger partial charge in [-0.15, -0.1) is 0 Å². The van der Waals surface area contributed by atoms with Crippen molar-refractivity contribution in [3.05, 3.63) is 64.2 Å². The summed E-state index contributed by atoms with van der Waals surface area (Å²) in [5, 5.41) is 3.86. The summed E-state index contributed by atoms with van der Waals surface area (Å²) in [4.78, 5) is 23.8. The highest BCUT2D eigenvalue weighted by molar-refractivity contribution is 6.01. The first-order valence-electron chi connectivity index (χ1n) is 9.93. The Kier molecular flexibility index (Phi) is 6.68. The smallest absolute Gasteiger partial charge is 0.394 e. The van der Waals surface area contributed by atoms with Crippen molar-refractivity contribution in [3.63, 3.8) is 0 Å². The van der Waals surface area contributed by atoms with Gasteiger partial charge in [-0.05, 0) is 53.4 Å². The number of rotatable bonds is 7. The topological polar surface area (TPSA) is 63.5 Å². The SMILES string of the molecule is CC/C(N=Cc1cc(C)c2c(c1)CN(Cc1ccc(OC(C)(F)F)cc1)C2=O)=N/OC. The van der Waals surface area contributed by atoms with E-state index in [0.29, 0.717) is 37.8 Å². The van der Waals surface area contributed by atoms with Gasteiger partial charge in [0.05, 0.1) is 0 Å². The van der Waals surface area contributed by atoms with Gasteiger partial charge in [0, 0.05) is 38.2 Å². The van der Waals surface area contributed by atoms with Crippen molar-refractivity contribution >= 4 is 18.0 Å². The first-order chi connectivity index (χ1) is 14.7. The van der Waals surface area contributed by atoms with Crippen LogP contribution in [0.5, 0.6) is 5.75 Å². The van der Waals surface area contributed by atoms with E-state index in [1.54, 1.807) is 23.2 Å². The molecule has 0 N–H and O–H groups in total. The Balaban J connectivity index is 1.74. The van der Waals surface area contributed by atoms with Crippen LogP contribution in [0.4, 0.5) is 8.78 Å². The molecule has 31 heavy (non-hydrogen) atoms. The highest BCUT2D eigenvalue weighted by atomic mass is 19.3. The number of nitrogens with zero attached hydrogens (tertiary/aromatic N) is 3. The quantitative estimate of drug-likeness (QED) is 0.356. The van der Waals surface area contributed by atoms with E-state index < -0.39 is 6.11 Å². The molecule has 3 rings (SSSR count). The maximum absolute atomic E-state index is 13.0. The zero-order valence-electron chi connectivity index (χ0n) is 18.0. The summed E-state index contributed by atoms with van der Waals surface area (Å²) in [6, 6.07) is 10.2. The van der Waals surface area contributed by atoms with Crippen LogP contribution in [0.25, 0.3) is 0 Å². The molecule has 0 atom stereocenters. The van der Waals surface area contributed by atoms with E-state index >= 15 is 0 Å². The van der Waals surface area contributed by atoms with Gasteiger partial charge in [0.1, 0.15) is 12.9 Å². The molecule has 0 radical (unpaired) electrons. The molecule has 6 nitrogen and oxygen atoms in total. The summed E-state index contributed by atoms with van der Waals surface area (Å²) < 4.78 is 30.5. The number of carbonyl (C=O) groups is 1. The fourth-order valence-corrected chi connectivity index (χ4v) is 3.48. The van der Waals surface area contributed by atoms with Gasteiger partial charge in [0.15, 0.2) is 5.84 Å². The fourth-order valence-electron chi connectivity index (χ4n) is 3.48. The largest absolute Gasteiger partial charge is 0.433 e. The van der Waals surface area contributed by atoms with E-state index in [1.807, 2.05) is 26.0 Å². The molecule has 0 spiro atoms. The number of hydrogen-bond donors (Lipinski definition) is 0. The lowest BCUT2D eigenvalue weighted by Crippen LogP contribution is -2.23. The fraction of sp³-hybridized carbons (Fsp3) is 0.348. The van der Waals surface area contributed by atoms with Crippen molar-refractivity contribution in [1.29, 1.82) is 0 Å². The number of hydrogen-bond acceptors (Lipinski definition) is 4. The van der Waals surface area contributed by atoms with Gasteiger partial charge in [-0.2, -0.15) is 8.78 Å². The second-order valence-corrected chi connectivity index (χ2v) is 7.39. The summed E-state index contributed by atoms with van der Waals surface area (Å²) in [6.07, 6.45) is -0.885. The van der Waals surface area contributed by atoms with Crippen LogP contribution in [0, 0.1) is 6.92 Å². The van der Waals surface area contributed by atoms with Gasteiger partial charge in [0.25, 0.3) is 5.91 Å². The summed E-state index contributed by atoms with van der Waals surface area (Å²) >= 11 is 0. The molecular weight excluding hydrogens is 404 g/mol. The second-order valence-electron chi connectivity index (χ2n) is 7.39. The number of amidine groups is 1. The number of alkyl halides is 2. The molecule has 1 aliphatic heterocycles. The third kappa shape index (κ3) is 5.65. The highest BCUT2D eigenvalue weighted by Gasteiger charge is 2.29. The Morgan fingerprint density at radius 3 is 2.58 bits per heavy atom. The average molecular weight is 429 g/mol. The van der Waals surface area contributed by atoms with Gasteiger partial charge in [0.2, 0.25) is 0 Å². The van der Waals surface area contributed by atoms with Crippen LogP contribution < -0.4 is 4.74 Å². The monoisotopic (exact) mass is 429 g/mol. The standard InChI is InChI=1S/C23H25F2N3O3/c1-5-20(27-30-4)26-12-17-10-15(2)21-18(11-17)14-28(22(21)29)13-16-6-8-19(9-7-16)31-23(3,24)25/h6-12H,5,13-14H2,1-4H3/b26-12?,27-20-. The van der Waals surface area contributed by atoms with E-state index in [1.165, 1.54) is 19.2 Å². The van der Waals surface area contributed by atoms with Crippen molar-refractivity contribution in [1.82, 2.24) is 4.90 Å². The first-order valence-corrected chi connectivity index (χ1v) is 9.93. The van der Waals surface area contributed by atoms with E-state index in [9.17, 15) is 13.6 Å². The minimum Gasteiger partial charge on any atom is -0.433 e. The van der Waals surface area contributed by atoms with Gasteiger partial charge in [-0.25, -0.2) is 4.99 Å². The maximum Gasteiger partial charge on any atom is 0.394 e. The predicted octanol–water partition coefficient (Wildman–Crippen LogP) is 4.93. The average Bonchev–Trinajstić information content (AvgIpc) is 3.01. The minimum absolute atomic E-state index is 0.0494. The lowest BCUT2D eigenvalue weighted by atomic mass is 10.0. The summed E-state index contributed by atoms with van der Waals surface area (Å²) in [5.41, 5.74) is 4.21. The molecule has 164 valence electrons. The maximum atomic E-state index is 13.0. The van der Waals surface area contributed by atoms with Crippen LogP contribution in [-0.4, -0.2) is 36.1 Å². The summed E-state index contributed by atoms with van der Waals surface area (Å²) in [7, 11) is 1.48. The van der Waals surface area contributed by atoms with E-state index in [0.717, 1.165) is 22.3 Å². The molecule has 0 saturated carbocycles. The number of carbonyl (C=O) groups excluding carboxylic acids is 1. The summed E-state index contributed by atoms with van der Waals surface area (Å²) in [6.45, 7) is 5.37. The summed E-state index contributed by atoms with van der Waals surface area (Å²) in [5.74, 6) is 0.605. The Labute approximate surface area is 180 Å². The molecule has 8 heteroatoms. The zero-order chi connectivity index (χ0) is 22.6. The van der Waals surface area contributed by atoms with Crippen molar-refractivity contribution < 1.29 is 23.1 Å². The lowest BCUT2D eigenvalue weighted by molar-refractivity contribution is -0.158. The molecule has 0 bridgehead atoms. The normalized spacial score (nSPS) is 14.3. The number of aliphatic imine (C=N–C) groups is 1. The molecule has 2 aromatic rings. The van der Waals surface area contributed by atoms with Crippen LogP contribution in [0.3, 0.4) is 0 Å². The lowest BCUT2D eigenvalue weighted by Gasteiger charge is -2.17. The number of halogens is 2. The Morgan fingerprint density at radius 1 is 1.26 bits per heavy atom. The van der Waals surface area contributed by atoms with Crippen molar-refractivity contribution in [2.24, 2.45) is 10.1 Å². The molecule has 0 aromatic heterocycles. The Hall–Kier alpha value is -3.29. The number of fused-ring (bicyclic) bond motifs is 1. The van der Waals surface area contributed by atoms with Gasteiger partial charge < -0.3 is 14.5 Å². The second kappa shape index (κ2) is 9.24.